The van der Waals surface area contributed by atoms with Gasteiger partial charge in [0.25, 0.3) is 5.91 Å². The number of amides is 3. The number of hydrogen-bond donors (Lipinski definition) is 2. The Kier molecular flexibility index (Phi) is 7.24. The number of urea groups is 1. The Labute approximate surface area is 146 Å². The number of carbonyl (C=O) groups excluding carboxylic acids is 3. The number of fused-ring (bicyclic) bond motifs is 1. The molecular weight excluding hydrogens is 328 g/mol. The monoisotopic (exact) mass is 352 g/mol. The van der Waals surface area contributed by atoms with Crippen LogP contribution in [0.3, 0.4) is 0 Å². The molecule has 2 rings (SSSR count). The van der Waals surface area contributed by atoms with E-state index in [2.05, 4.69) is 10.6 Å². The first-order chi connectivity index (χ1) is 11.6. The van der Waals surface area contributed by atoms with Gasteiger partial charge in [-0.15, -0.1) is 11.3 Å². The zero-order chi connectivity index (χ0) is 17.4. The summed E-state index contributed by atoms with van der Waals surface area (Å²) in [5.41, 5.74) is 1.23. The highest BCUT2D eigenvalue weighted by Gasteiger charge is 2.18. The van der Waals surface area contributed by atoms with Crippen LogP contribution in [0.25, 0.3) is 0 Å². The van der Waals surface area contributed by atoms with Crippen molar-refractivity contribution < 1.29 is 19.1 Å². The van der Waals surface area contributed by atoms with Gasteiger partial charge >= 0.3 is 12.0 Å². The van der Waals surface area contributed by atoms with Crippen LogP contribution < -0.4 is 10.6 Å². The van der Waals surface area contributed by atoms with Crippen molar-refractivity contribution in [2.45, 2.75) is 51.9 Å². The largest absolute Gasteiger partial charge is 0.451 e. The van der Waals surface area contributed by atoms with Crippen LogP contribution in [0.5, 0.6) is 0 Å². The third-order valence-electron chi connectivity index (χ3n) is 3.85. The number of carbonyl (C=O) groups is 3. The molecule has 0 fully saturated rings. The standard InChI is InChI=1S/C17H24N2O4S/c1-2-3-9-18-17(22)19-15(20)11-23-16(21)14-10-12-7-5-4-6-8-13(12)24-14/h10H,2-9,11H2,1H3,(H2,18,19,20,22). The summed E-state index contributed by atoms with van der Waals surface area (Å²) in [5, 5.41) is 4.70. The van der Waals surface area contributed by atoms with E-state index < -0.39 is 24.5 Å². The van der Waals surface area contributed by atoms with Gasteiger partial charge in [-0.3, -0.25) is 10.1 Å². The van der Waals surface area contributed by atoms with E-state index in [0.717, 1.165) is 38.5 Å². The quantitative estimate of drug-likeness (QED) is 0.468. The minimum atomic E-state index is -0.629. The molecule has 0 atom stereocenters. The molecule has 0 radical (unpaired) electrons. The molecule has 2 N–H and O–H groups in total. The number of imide groups is 1. The van der Waals surface area contributed by atoms with Crippen molar-refractivity contribution in [3.63, 3.8) is 0 Å². The van der Waals surface area contributed by atoms with E-state index >= 15 is 0 Å². The molecule has 1 aromatic rings. The molecule has 0 unspecified atom stereocenters. The van der Waals surface area contributed by atoms with Crippen LogP contribution in [0.4, 0.5) is 4.79 Å². The lowest BCUT2D eigenvalue weighted by Crippen LogP contribution is -2.41. The summed E-state index contributed by atoms with van der Waals surface area (Å²) in [6.07, 6.45) is 7.33. The predicted octanol–water partition coefficient (Wildman–Crippen LogP) is 2.80. The van der Waals surface area contributed by atoms with Crippen LogP contribution >= 0.6 is 11.3 Å². The van der Waals surface area contributed by atoms with Crippen molar-refractivity contribution in [1.82, 2.24) is 10.6 Å². The van der Waals surface area contributed by atoms with Gasteiger partial charge in [0.2, 0.25) is 0 Å². The first-order valence-corrected chi connectivity index (χ1v) is 9.28. The fraction of sp³-hybridized carbons (Fsp3) is 0.588. The molecule has 1 aromatic heterocycles. The van der Waals surface area contributed by atoms with Gasteiger partial charge in [-0.2, -0.15) is 0 Å². The zero-order valence-electron chi connectivity index (χ0n) is 14.0. The normalized spacial score (nSPS) is 13.5. The van der Waals surface area contributed by atoms with Crippen LogP contribution in [0, 0.1) is 0 Å². The maximum atomic E-state index is 12.1. The zero-order valence-corrected chi connectivity index (χ0v) is 14.8. The number of thiophene rings is 1. The summed E-state index contributed by atoms with van der Waals surface area (Å²) in [6, 6.07) is 1.32. The van der Waals surface area contributed by atoms with Crippen LogP contribution in [0.15, 0.2) is 6.07 Å². The number of aryl methyl sites for hydroxylation is 2. The van der Waals surface area contributed by atoms with Gasteiger partial charge in [0.15, 0.2) is 6.61 Å². The second-order valence-electron chi connectivity index (χ2n) is 5.85. The van der Waals surface area contributed by atoms with E-state index in [9.17, 15) is 14.4 Å². The van der Waals surface area contributed by atoms with E-state index in [1.807, 2.05) is 13.0 Å². The Hall–Kier alpha value is -1.89. The molecule has 0 saturated heterocycles. The fourth-order valence-corrected chi connectivity index (χ4v) is 3.70. The number of ether oxygens (including phenoxy) is 1. The van der Waals surface area contributed by atoms with Crippen molar-refractivity contribution in [1.29, 1.82) is 0 Å². The van der Waals surface area contributed by atoms with Crippen LogP contribution in [-0.2, 0) is 22.4 Å². The highest BCUT2D eigenvalue weighted by molar-refractivity contribution is 7.14. The van der Waals surface area contributed by atoms with Gasteiger partial charge in [0.1, 0.15) is 4.88 Å². The van der Waals surface area contributed by atoms with E-state index in [0.29, 0.717) is 11.4 Å². The summed E-state index contributed by atoms with van der Waals surface area (Å²) in [7, 11) is 0. The molecule has 132 valence electrons. The Bertz CT molecular complexity index is 574. The van der Waals surface area contributed by atoms with Gasteiger partial charge in [-0.05, 0) is 43.7 Å². The Morgan fingerprint density at radius 1 is 1.21 bits per heavy atom. The van der Waals surface area contributed by atoms with Gasteiger partial charge in [0.05, 0.1) is 0 Å². The SMILES string of the molecule is CCCCNC(=O)NC(=O)COC(=O)c1cc2c(s1)CCCCC2. The Morgan fingerprint density at radius 3 is 2.79 bits per heavy atom. The van der Waals surface area contributed by atoms with Crippen LogP contribution in [-0.4, -0.2) is 31.1 Å². The number of unbranched alkanes of at least 4 members (excludes halogenated alkanes) is 1. The second kappa shape index (κ2) is 9.42. The third-order valence-corrected chi connectivity index (χ3v) is 5.07. The lowest BCUT2D eigenvalue weighted by atomic mass is 10.1. The average molecular weight is 352 g/mol. The van der Waals surface area contributed by atoms with E-state index in [-0.39, 0.29) is 0 Å². The van der Waals surface area contributed by atoms with Crippen LogP contribution in [0.2, 0.25) is 0 Å². The van der Waals surface area contributed by atoms with Crippen molar-refractivity contribution >= 4 is 29.2 Å². The van der Waals surface area contributed by atoms with Gasteiger partial charge in [-0.25, -0.2) is 9.59 Å². The minimum absolute atomic E-state index is 0.456. The summed E-state index contributed by atoms with van der Waals surface area (Å²) < 4.78 is 5.00. The Morgan fingerprint density at radius 2 is 2.00 bits per heavy atom. The minimum Gasteiger partial charge on any atom is -0.451 e. The molecule has 7 heteroatoms. The maximum Gasteiger partial charge on any atom is 0.348 e. The topological polar surface area (TPSA) is 84.5 Å². The third kappa shape index (κ3) is 5.63. The van der Waals surface area contributed by atoms with Crippen molar-refractivity contribution in [2.75, 3.05) is 13.2 Å². The van der Waals surface area contributed by atoms with Crippen LogP contribution in [0.1, 0.15) is 59.1 Å². The molecule has 0 saturated carbocycles. The highest BCUT2D eigenvalue weighted by atomic mass is 32.1. The molecule has 24 heavy (non-hydrogen) atoms. The average Bonchev–Trinajstić information content (AvgIpc) is 2.84. The summed E-state index contributed by atoms with van der Waals surface area (Å²) in [6.45, 7) is 2.06. The molecule has 1 aliphatic carbocycles. The van der Waals surface area contributed by atoms with E-state index in [4.69, 9.17) is 4.74 Å². The first-order valence-electron chi connectivity index (χ1n) is 8.46. The van der Waals surface area contributed by atoms with Gasteiger partial charge < -0.3 is 10.1 Å². The van der Waals surface area contributed by atoms with E-state index in [1.165, 1.54) is 28.2 Å². The molecule has 1 aliphatic rings. The molecule has 0 aromatic carbocycles. The molecule has 6 nitrogen and oxygen atoms in total. The molecule has 0 spiro atoms. The van der Waals surface area contributed by atoms with Crippen molar-refractivity contribution in [3.8, 4) is 0 Å². The predicted molar refractivity (Wildman–Crippen MR) is 92.3 cm³/mol. The number of hydrogen-bond acceptors (Lipinski definition) is 5. The maximum absolute atomic E-state index is 12.1. The summed E-state index contributed by atoms with van der Waals surface area (Å²) in [5.74, 6) is -1.13. The number of rotatable bonds is 6. The summed E-state index contributed by atoms with van der Waals surface area (Å²) >= 11 is 1.45. The number of nitrogens with one attached hydrogen (secondary N) is 2. The lowest BCUT2D eigenvalue weighted by molar-refractivity contribution is -0.123. The molecule has 1 heterocycles. The van der Waals surface area contributed by atoms with Gasteiger partial charge in [-0.1, -0.05) is 19.8 Å². The molecule has 3 amide bonds. The Balaban J connectivity index is 1.76. The molecule has 0 bridgehead atoms. The second-order valence-corrected chi connectivity index (χ2v) is 6.99. The smallest absolute Gasteiger partial charge is 0.348 e. The first kappa shape index (κ1) is 18.4. The van der Waals surface area contributed by atoms with Crippen molar-refractivity contribution in [3.05, 3.63) is 21.4 Å². The lowest BCUT2D eigenvalue weighted by Gasteiger charge is -2.06. The fourth-order valence-electron chi connectivity index (χ4n) is 2.56. The molecule has 0 aliphatic heterocycles. The highest BCUT2D eigenvalue weighted by Crippen LogP contribution is 2.29. The van der Waals surface area contributed by atoms with Crippen molar-refractivity contribution in [2.24, 2.45) is 0 Å². The number of esters is 1. The summed E-state index contributed by atoms with van der Waals surface area (Å²) in [4.78, 5) is 36.9. The molecular formula is C17H24N2O4S. The van der Waals surface area contributed by atoms with Gasteiger partial charge in [0, 0.05) is 11.4 Å². The van der Waals surface area contributed by atoms with E-state index in [1.54, 1.807) is 0 Å².